The van der Waals surface area contributed by atoms with Crippen LogP contribution in [-0.2, 0) is 29.2 Å². The Balaban J connectivity index is 1.30. The standard InChI is InChI=1S/C28H30N4O4/c1-32(2)24-11-5-20(6-12-24)18-36-25-13-8-21-16-26(29-17-22(21)15-25)28(34)30-23-9-3-19(4-10-23)7-14-27(33)31-35/h3-15,26,29,35H,16-18H2,1-2H3,(H,30,34)(H,31,33)/t26-/m0/s1. The minimum Gasteiger partial charge on any atom is -0.489 e. The number of nitrogens with zero attached hydrogens (tertiary/aromatic N) is 1. The minimum atomic E-state index is -0.607. The second-order valence-electron chi connectivity index (χ2n) is 8.84. The normalized spacial score (nSPS) is 14.7. The molecule has 186 valence electrons. The Morgan fingerprint density at radius 3 is 2.50 bits per heavy atom. The van der Waals surface area contributed by atoms with Crippen LogP contribution in [0, 0.1) is 0 Å². The monoisotopic (exact) mass is 486 g/mol. The molecule has 0 saturated carbocycles. The van der Waals surface area contributed by atoms with Gasteiger partial charge in [0.05, 0.1) is 6.04 Å². The topological polar surface area (TPSA) is 103 Å². The predicted molar refractivity (Wildman–Crippen MR) is 140 cm³/mol. The first-order valence-electron chi connectivity index (χ1n) is 11.7. The number of fused-ring (bicyclic) bond motifs is 1. The molecule has 0 fully saturated rings. The lowest BCUT2D eigenvalue weighted by atomic mass is 9.95. The van der Waals surface area contributed by atoms with Crippen LogP contribution in [0.1, 0.15) is 22.3 Å². The number of carbonyl (C=O) groups excluding carboxylic acids is 2. The van der Waals surface area contributed by atoms with Crippen molar-refractivity contribution in [1.29, 1.82) is 0 Å². The smallest absolute Gasteiger partial charge is 0.267 e. The molecule has 0 saturated heterocycles. The van der Waals surface area contributed by atoms with Gasteiger partial charge in [0.1, 0.15) is 12.4 Å². The van der Waals surface area contributed by atoms with E-state index in [4.69, 9.17) is 9.94 Å². The summed E-state index contributed by atoms with van der Waals surface area (Å²) in [6.45, 7) is 1.08. The molecule has 1 aliphatic heterocycles. The molecule has 2 amide bonds. The summed E-state index contributed by atoms with van der Waals surface area (Å²) in [5.41, 5.74) is 7.48. The van der Waals surface area contributed by atoms with Crippen molar-refractivity contribution in [2.45, 2.75) is 25.6 Å². The van der Waals surface area contributed by atoms with Crippen LogP contribution in [0.4, 0.5) is 11.4 Å². The highest BCUT2D eigenvalue weighted by Crippen LogP contribution is 2.24. The average molecular weight is 487 g/mol. The van der Waals surface area contributed by atoms with E-state index in [2.05, 4.69) is 39.8 Å². The third kappa shape index (κ3) is 6.50. The van der Waals surface area contributed by atoms with Crippen molar-refractivity contribution in [3.05, 3.63) is 95.1 Å². The van der Waals surface area contributed by atoms with Crippen LogP contribution < -0.4 is 25.8 Å². The number of ether oxygens (including phenoxy) is 1. The van der Waals surface area contributed by atoms with Crippen LogP contribution in [0.15, 0.2) is 72.8 Å². The Morgan fingerprint density at radius 2 is 1.81 bits per heavy atom. The largest absolute Gasteiger partial charge is 0.489 e. The number of hydroxylamine groups is 1. The van der Waals surface area contributed by atoms with Crippen LogP contribution in [0.5, 0.6) is 5.75 Å². The number of benzene rings is 3. The molecule has 4 rings (SSSR count). The highest BCUT2D eigenvalue weighted by molar-refractivity contribution is 5.95. The number of amides is 2. The molecule has 8 nitrogen and oxygen atoms in total. The second kappa shape index (κ2) is 11.5. The van der Waals surface area contributed by atoms with Crippen LogP contribution in [0.2, 0.25) is 0 Å². The molecule has 0 bridgehead atoms. The third-order valence-electron chi connectivity index (χ3n) is 6.03. The van der Waals surface area contributed by atoms with E-state index < -0.39 is 5.91 Å². The fourth-order valence-corrected chi connectivity index (χ4v) is 3.94. The van der Waals surface area contributed by atoms with Crippen LogP contribution >= 0.6 is 0 Å². The summed E-state index contributed by atoms with van der Waals surface area (Å²) in [5, 5.41) is 14.8. The number of anilines is 2. The molecule has 0 spiro atoms. The lowest BCUT2D eigenvalue weighted by Gasteiger charge is -2.26. The maximum absolute atomic E-state index is 12.8. The van der Waals surface area contributed by atoms with E-state index in [-0.39, 0.29) is 11.9 Å². The molecule has 0 radical (unpaired) electrons. The molecule has 36 heavy (non-hydrogen) atoms. The maximum atomic E-state index is 12.8. The molecule has 3 aromatic rings. The number of hydrogen-bond acceptors (Lipinski definition) is 6. The van der Waals surface area contributed by atoms with Gasteiger partial charge in [0.2, 0.25) is 5.91 Å². The van der Waals surface area contributed by atoms with E-state index in [1.165, 1.54) is 11.6 Å². The van der Waals surface area contributed by atoms with Crippen LogP contribution in [0.25, 0.3) is 6.08 Å². The summed E-state index contributed by atoms with van der Waals surface area (Å²) in [6, 6.07) is 21.1. The van der Waals surface area contributed by atoms with E-state index >= 15 is 0 Å². The van der Waals surface area contributed by atoms with Gasteiger partial charge in [-0.25, -0.2) is 5.48 Å². The molecule has 3 aromatic carbocycles. The summed E-state index contributed by atoms with van der Waals surface area (Å²) in [4.78, 5) is 26.0. The molecule has 8 heteroatoms. The zero-order valence-electron chi connectivity index (χ0n) is 20.3. The van der Waals surface area contributed by atoms with Crippen molar-refractivity contribution < 1.29 is 19.5 Å². The fraction of sp³-hybridized carbons (Fsp3) is 0.214. The van der Waals surface area contributed by atoms with E-state index in [1.54, 1.807) is 30.3 Å². The van der Waals surface area contributed by atoms with Crippen molar-refractivity contribution in [1.82, 2.24) is 10.8 Å². The van der Waals surface area contributed by atoms with E-state index in [1.807, 2.05) is 32.3 Å². The Hall–Kier alpha value is -4.14. The van der Waals surface area contributed by atoms with Gasteiger partial charge in [0, 0.05) is 38.1 Å². The van der Waals surface area contributed by atoms with Gasteiger partial charge in [-0.15, -0.1) is 0 Å². The lowest BCUT2D eigenvalue weighted by molar-refractivity contribution is -0.124. The van der Waals surface area contributed by atoms with Crippen LogP contribution in [-0.4, -0.2) is 37.2 Å². The number of carbonyl (C=O) groups is 2. The average Bonchev–Trinajstić information content (AvgIpc) is 2.91. The summed E-state index contributed by atoms with van der Waals surface area (Å²) >= 11 is 0. The SMILES string of the molecule is CN(C)c1ccc(COc2ccc3c(c2)CN[C@H](C(=O)Nc2ccc(C=CC(=O)NO)cc2)C3)cc1. The Bertz CT molecular complexity index is 1240. The highest BCUT2D eigenvalue weighted by atomic mass is 16.5. The zero-order chi connectivity index (χ0) is 25.5. The Kier molecular flexibility index (Phi) is 7.99. The van der Waals surface area contributed by atoms with Crippen molar-refractivity contribution in [2.24, 2.45) is 0 Å². The second-order valence-corrected chi connectivity index (χ2v) is 8.84. The highest BCUT2D eigenvalue weighted by Gasteiger charge is 2.24. The Morgan fingerprint density at radius 1 is 1.06 bits per heavy atom. The number of hydrogen-bond donors (Lipinski definition) is 4. The molecule has 0 aliphatic carbocycles. The third-order valence-corrected chi connectivity index (χ3v) is 6.03. The van der Waals surface area contributed by atoms with Crippen molar-refractivity contribution >= 4 is 29.3 Å². The molecule has 1 aliphatic rings. The van der Waals surface area contributed by atoms with Crippen molar-refractivity contribution in [2.75, 3.05) is 24.3 Å². The molecular weight excluding hydrogens is 456 g/mol. The predicted octanol–water partition coefficient (Wildman–Crippen LogP) is 3.50. The lowest BCUT2D eigenvalue weighted by Crippen LogP contribution is -2.44. The summed E-state index contributed by atoms with van der Waals surface area (Å²) in [6.07, 6.45) is 3.37. The van der Waals surface area contributed by atoms with Gasteiger partial charge >= 0.3 is 0 Å². The molecule has 0 aromatic heterocycles. The molecular formula is C28H30N4O4. The maximum Gasteiger partial charge on any atom is 0.267 e. The van der Waals surface area contributed by atoms with Crippen molar-refractivity contribution in [3.8, 4) is 5.75 Å². The van der Waals surface area contributed by atoms with E-state index in [0.29, 0.717) is 25.3 Å². The van der Waals surface area contributed by atoms with Gasteiger partial charge in [-0.2, -0.15) is 0 Å². The minimum absolute atomic E-state index is 0.106. The molecule has 0 unspecified atom stereocenters. The zero-order valence-corrected chi connectivity index (χ0v) is 20.3. The van der Waals surface area contributed by atoms with Gasteiger partial charge in [-0.05, 0) is 71.1 Å². The molecule has 1 atom stereocenters. The quantitative estimate of drug-likeness (QED) is 0.221. The first-order valence-corrected chi connectivity index (χ1v) is 11.7. The van der Waals surface area contributed by atoms with Gasteiger partial charge < -0.3 is 20.3 Å². The van der Waals surface area contributed by atoms with Crippen molar-refractivity contribution in [3.63, 3.8) is 0 Å². The Labute approximate surface area is 210 Å². The first kappa shape index (κ1) is 25.0. The van der Waals surface area contributed by atoms with E-state index in [0.717, 1.165) is 33.7 Å². The van der Waals surface area contributed by atoms with Gasteiger partial charge in [-0.1, -0.05) is 30.3 Å². The number of rotatable bonds is 8. The van der Waals surface area contributed by atoms with Gasteiger partial charge in [0.25, 0.3) is 5.91 Å². The molecule has 4 N–H and O–H groups in total. The fourth-order valence-electron chi connectivity index (χ4n) is 3.94. The van der Waals surface area contributed by atoms with Crippen LogP contribution in [0.3, 0.4) is 0 Å². The van der Waals surface area contributed by atoms with Gasteiger partial charge in [-0.3, -0.25) is 14.8 Å². The first-order chi connectivity index (χ1) is 17.4. The number of nitrogens with one attached hydrogen (secondary N) is 3. The summed E-state index contributed by atoms with van der Waals surface area (Å²) < 4.78 is 6.00. The van der Waals surface area contributed by atoms with E-state index in [9.17, 15) is 9.59 Å². The summed E-state index contributed by atoms with van der Waals surface area (Å²) in [5.74, 6) is 0.0930. The van der Waals surface area contributed by atoms with Gasteiger partial charge in [0.15, 0.2) is 0 Å². The molecule has 1 heterocycles. The summed E-state index contributed by atoms with van der Waals surface area (Å²) in [7, 11) is 4.03.